The number of nitrogens with two attached hydrogens (primary N) is 1. The first-order chi connectivity index (χ1) is 13.9. The number of benzene rings is 1. The van der Waals surface area contributed by atoms with Crippen LogP contribution in [0.25, 0.3) is 11.3 Å². The number of carbonyl (C=O) groups is 1. The quantitative estimate of drug-likeness (QED) is 0.422. The summed E-state index contributed by atoms with van der Waals surface area (Å²) in [7, 11) is 0. The Morgan fingerprint density at radius 1 is 1.17 bits per heavy atom. The fourth-order valence-electron chi connectivity index (χ4n) is 2.59. The van der Waals surface area contributed by atoms with Crippen LogP contribution in [-0.2, 0) is 4.79 Å². The van der Waals surface area contributed by atoms with Crippen LogP contribution in [0.3, 0.4) is 0 Å². The minimum absolute atomic E-state index is 0.100. The summed E-state index contributed by atoms with van der Waals surface area (Å²) in [5.74, 6) is 1.32. The number of ether oxygens (including phenoxy) is 1. The van der Waals surface area contributed by atoms with Crippen molar-refractivity contribution in [1.29, 1.82) is 0 Å². The number of amides is 1. The monoisotopic (exact) mass is 416 g/mol. The maximum atomic E-state index is 12.4. The number of anilines is 1. The molecule has 1 amide bonds. The van der Waals surface area contributed by atoms with E-state index >= 15 is 0 Å². The molecule has 0 radical (unpaired) electrons. The SMILES string of the molecule is CC(C)CCNC(=O)[C@@H](C)Oc1nc(-c2ccccc2)ccc1NCC(N)CS. The van der Waals surface area contributed by atoms with E-state index in [1.54, 1.807) is 6.92 Å². The highest BCUT2D eigenvalue weighted by Gasteiger charge is 2.18. The van der Waals surface area contributed by atoms with E-state index in [1.165, 1.54) is 0 Å². The van der Waals surface area contributed by atoms with Gasteiger partial charge >= 0.3 is 0 Å². The number of pyridine rings is 1. The molecule has 1 aromatic carbocycles. The zero-order valence-electron chi connectivity index (χ0n) is 17.4. The van der Waals surface area contributed by atoms with Crippen LogP contribution < -0.4 is 21.1 Å². The van der Waals surface area contributed by atoms with Crippen molar-refractivity contribution in [2.45, 2.75) is 39.3 Å². The molecule has 158 valence electrons. The molecule has 4 N–H and O–H groups in total. The molecule has 0 aliphatic heterocycles. The molecule has 0 saturated carbocycles. The maximum absolute atomic E-state index is 12.4. The molecular weight excluding hydrogens is 384 g/mol. The second kappa shape index (κ2) is 11.7. The van der Waals surface area contributed by atoms with Crippen molar-refractivity contribution in [1.82, 2.24) is 10.3 Å². The van der Waals surface area contributed by atoms with Gasteiger partial charge in [0.05, 0.1) is 11.4 Å². The van der Waals surface area contributed by atoms with Gasteiger partial charge in [-0.05, 0) is 31.4 Å². The number of hydrogen-bond acceptors (Lipinski definition) is 6. The summed E-state index contributed by atoms with van der Waals surface area (Å²) >= 11 is 4.22. The lowest BCUT2D eigenvalue weighted by Gasteiger charge is -2.19. The van der Waals surface area contributed by atoms with Gasteiger partial charge in [0.2, 0.25) is 5.88 Å². The summed E-state index contributed by atoms with van der Waals surface area (Å²) in [6.45, 7) is 7.13. The Labute approximate surface area is 179 Å². The Kier molecular flexibility index (Phi) is 9.28. The van der Waals surface area contributed by atoms with Crippen molar-refractivity contribution in [3.63, 3.8) is 0 Å². The van der Waals surface area contributed by atoms with Crippen molar-refractivity contribution >= 4 is 24.2 Å². The normalized spacial score (nSPS) is 13.0. The van der Waals surface area contributed by atoms with Crippen molar-refractivity contribution in [3.05, 3.63) is 42.5 Å². The summed E-state index contributed by atoms with van der Waals surface area (Å²) in [6, 6.07) is 13.6. The number of carbonyl (C=O) groups excluding carboxylic acids is 1. The molecule has 29 heavy (non-hydrogen) atoms. The maximum Gasteiger partial charge on any atom is 0.260 e. The Balaban J connectivity index is 2.17. The summed E-state index contributed by atoms with van der Waals surface area (Å²) in [6.07, 6.45) is 0.258. The predicted octanol–water partition coefficient (Wildman–Crippen LogP) is 3.35. The Morgan fingerprint density at radius 2 is 1.90 bits per heavy atom. The van der Waals surface area contributed by atoms with E-state index < -0.39 is 6.10 Å². The molecule has 0 spiro atoms. The molecule has 0 fully saturated rings. The molecular formula is C22H32N4O2S. The first-order valence-electron chi connectivity index (χ1n) is 10.0. The van der Waals surface area contributed by atoms with Crippen LogP contribution in [0.15, 0.2) is 42.5 Å². The van der Waals surface area contributed by atoms with Crippen LogP contribution in [0.1, 0.15) is 27.2 Å². The lowest BCUT2D eigenvalue weighted by atomic mass is 10.1. The molecule has 0 saturated heterocycles. The van der Waals surface area contributed by atoms with E-state index in [1.807, 2.05) is 42.5 Å². The molecule has 2 rings (SSSR count). The van der Waals surface area contributed by atoms with Crippen LogP contribution in [-0.4, -0.2) is 41.9 Å². The molecule has 0 aliphatic rings. The van der Waals surface area contributed by atoms with E-state index in [0.717, 1.165) is 17.7 Å². The third-order valence-corrected chi connectivity index (χ3v) is 4.87. The zero-order valence-corrected chi connectivity index (χ0v) is 18.3. The molecule has 1 aromatic heterocycles. The molecule has 1 heterocycles. The van der Waals surface area contributed by atoms with Gasteiger partial charge in [-0.25, -0.2) is 4.98 Å². The van der Waals surface area contributed by atoms with Gasteiger partial charge in [0.15, 0.2) is 6.10 Å². The van der Waals surface area contributed by atoms with Crippen LogP contribution >= 0.6 is 12.6 Å². The van der Waals surface area contributed by atoms with E-state index in [-0.39, 0.29) is 11.9 Å². The Morgan fingerprint density at radius 3 is 2.55 bits per heavy atom. The smallest absolute Gasteiger partial charge is 0.260 e. The van der Waals surface area contributed by atoms with E-state index in [9.17, 15) is 4.79 Å². The highest BCUT2D eigenvalue weighted by Crippen LogP contribution is 2.28. The largest absolute Gasteiger partial charge is 0.463 e. The van der Waals surface area contributed by atoms with E-state index in [2.05, 4.69) is 42.1 Å². The first kappa shape index (κ1) is 23.0. The summed E-state index contributed by atoms with van der Waals surface area (Å²) in [5, 5.41) is 6.17. The van der Waals surface area contributed by atoms with Crippen LogP contribution in [0.5, 0.6) is 5.88 Å². The van der Waals surface area contributed by atoms with Gasteiger partial charge in [-0.1, -0.05) is 44.2 Å². The van der Waals surface area contributed by atoms with Gasteiger partial charge in [-0.2, -0.15) is 12.6 Å². The Bertz CT molecular complexity index is 771. The average Bonchev–Trinajstić information content (AvgIpc) is 2.72. The number of hydrogen-bond donors (Lipinski definition) is 4. The molecule has 2 aromatic rings. The molecule has 0 bridgehead atoms. The van der Waals surface area contributed by atoms with Gasteiger partial charge < -0.3 is 21.1 Å². The fraction of sp³-hybridized carbons (Fsp3) is 0.455. The molecule has 2 atom stereocenters. The third-order valence-electron chi connectivity index (χ3n) is 4.40. The van der Waals surface area contributed by atoms with E-state index in [4.69, 9.17) is 10.5 Å². The van der Waals surface area contributed by atoms with Crippen LogP contribution in [0.2, 0.25) is 0 Å². The van der Waals surface area contributed by atoms with Crippen LogP contribution in [0, 0.1) is 5.92 Å². The topological polar surface area (TPSA) is 89.3 Å². The summed E-state index contributed by atoms with van der Waals surface area (Å²) in [5.41, 5.74) is 8.41. The Hall–Kier alpha value is -2.25. The highest BCUT2D eigenvalue weighted by molar-refractivity contribution is 7.80. The first-order valence-corrected chi connectivity index (χ1v) is 10.6. The third kappa shape index (κ3) is 7.59. The molecule has 0 aliphatic carbocycles. The van der Waals surface area contributed by atoms with Crippen molar-refractivity contribution < 1.29 is 9.53 Å². The molecule has 6 nitrogen and oxygen atoms in total. The van der Waals surface area contributed by atoms with Crippen molar-refractivity contribution in [3.8, 4) is 17.1 Å². The minimum Gasteiger partial charge on any atom is -0.463 e. The number of rotatable bonds is 11. The predicted molar refractivity (Wildman–Crippen MR) is 123 cm³/mol. The lowest BCUT2D eigenvalue weighted by Crippen LogP contribution is -2.37. The summed E-state index contributed by atoms with van der Waals surface area (Å²) in [4.78, 5) is 17.0. The average molecular weight is 417 g/mol. The number of aromatic nitrogens is 1. The van der Waals surface area contributed by atoms with E-state index in [0.29, 0.717) is 36.3 Å². The number of thiol groups is 1. The van der Waals surface area contributed by atoms with Crippen molar-refractivity contribution in [2.24, 2.45) is 11.7 Å². The van der Waals surface area contributed by atoms with Gasteiger partial charge in [-0.15, -0.1) is 0 Å². The second-order valence-corrected chi connectivity index (χ2v) is 7.84. The summed E-state index contributed by atoms with van der Waals surface area (Å²) < 4.78 is 5.95. The molecule has 7 heteroatoms. The lowest BCUT2D eigenvalue weighted by molar-refractivity contribution is -0.127. The standard InChI is InChI=1S/C22H32N4O2S/c1-15(2)11-12-24-21(27)16(3)28-22-20(25-13-18(23)14-29)10-9-19(26-22)17-7-5-4-6-8-17/h4-10,15-16,18,25,29H,11-14,23H2,1-3H3,(H,24,27)/t16-,18?/m1/s1. The minimum atomic E-state index is -0.667. The number of nitrogens with zero attached hydrogens (tertiary/aromatic N) is 1. The second-order valence-electron chi connectivity index (χ2n) is 7.47. The highest BCUT2D eigenvalue weighted by atomic mass is 32.1. The van der Waals surface area contributed by atoms with Crippen molar-refractivity contribution in [2.75, 3.05) is 24.2 Å². The number of nitrogens with one attached hydrogen (secondary N) is 2. The zero-order chi connectivity index (χ0) is 21.2. The van der Waals surface area contributed by atoms with Crippen LogP contribution in [0.4, 0.5) is 5.69 Å². The van der Waals surface area contributed by atoms with Gasteiger partial charge in [0, 0.05) is 30.4 Å². The van der Waals surface area contributed by atoms with Gasteiger partial charge in [0.1, 0.15) is 0 Å². The van der Waals surface area contributed by atoms with Gasteiger partial charge in [0.25, 0.3) is 5.91 Å². The molecule has 1 unspecified atom stereocenters. The van der Waals surface area contributed by atoms with Gasteiger partial charge in [-0.3, -0.25) is 4.79 Å². The fourth-order valence-corrected chi connectivity index (χ4v) is 2.72.